The highest BCUT2D eigenvalue weighted by atomic mass is 35.5. The monoisotopic (exact) mass is 312 g/mol. The summed E-state index contributed by atoms with van der Waals surface area (Å²) in [6.07, 6.45) is 0.0753. The molecule has 0 bridgehead atoms. The summed E-state index contributed by atoms with van der Waals surface area (Å²) in [5.74, 6) is -1.44. The van der Waals surface area contributed by atoms with E-state index in [4.69, 9.17) is 11.6 Å². The van der Waals surface area contributed by atoms with E-state index in [0.29, 0.717) is 23.7 Å². The van der Waals surface area contributed by atoms with Crippen LogP contribution in [-0.2, 0) is 9.59 Å². The summed E-state index contributed by atoms with van der Waals surface area (Å²) in [6.45, 7) is 5.83. The minimum atomic E-state index is -0.731. The molecule has 0 spiro atoms. The third kappa shape index (κ3) is 6.60. The van der Waals surface area contributed by atoms with Crippen LogP contribution in [0.25, 0.3) is 0 Å². The van der Waals surface area contributed by atoms with Crippen LogP contribution in [-0.4, -0.2) is 29.6 Å². The zero-order valence-corrected chi connectivity index (χ0v) is 13.2. The van der Waals surface area contributed by atoms with E-state index < -0.39 is 17.9 Å². The molecule has 2 amide bonds. The van der Waals surface area contributed by atoms with E-state index in [1.165, 1.54) is 0 Å². The molecule has 0 aliphatic heterocycles. The van der Waals surface area contributed by atoms with Crippen molar-refractivity contribution in [3.05, 3.63) is 29.3 Å². The number of hydrogen-bond acceptors (Lipinski definition) is 3. The van der Waals surface area contributed by atoms with E-state index in [0.717, 1.165) is 0 Å². The van der Waals surface area contributed by atoms with E-state index >= 15 is 0 Å². The van der Waals surface area contributed by atoms with Crippen LogP contribution >= 0.6 is 11.6 Å². The molecule has 0 saturated heterocycles. The highest BCUT2D eigenvalue weighted by molar-refractivity contribution is 6.39. The summed E-state index contributed by atoms with van der Waals surface area (Å²) in [5.41, 5.74) is 0.215. The Morgan fingerprint density at radius 3 is 2.33 bits per heavy atom. The van der Waals surface area contributed by atoms with Crippen molar-refractivity contribution in [3.8, 4) is 0 Å². The van der Waals surface area contributed by atoms with Crippen molar-refractivity contribution in [1.29, 1.82) is 0 Å². The van der Waals surface area contributed by atoms with Crippen LogP contribution in [0, 0.1) is 5.41 Å². The Hall–Kier alpha value is -1.59. The van der Waals surface area contributed by atoms with E-state index in [2.05, 4.69) is 10.6 Å². The fourth-order valence-corrected chi connectivity index (χ4v) is 2.12. The number of hydrogen-bond donors (Lipinski definition) is 3. The second-order valence-electron chi connectivity index (χ2n) is 5.86. The lowest BCUT2D eigenvalue weighted by molar-refractivity contribution is -0.136. The van der Waals surface area contributed by atoms with Gasteiger partial charge in [-0.2, -0.15) is 0 Å². The van der Waals surface area contributed by atoms with Crippen LogP contribution in [0.5, 0.6) is 0 Å². The van der Waals surface area contributed by atoms with Crippen molar-refractivity contribution in [2.45, 2.75) is 33.3 Å². The Bertz CT molecular complexity index is 498. The summed E-state index contributed by atoms with van der Waals surface area (Å²) >= 11 is 5.74. The molecule has 1 atom stereocenters. The largest absolute Gasteiger partial charge is 0.393 e. The Morgan fingerprint density at radius 2 is 1.81 bits per heavy atom. The van der Waals surface area contributed by atoms with Gasteiger partial charge in [-0.05, 0) is 43.0 Å². The maximum Gasteiger partial charge on any atom is 0.313 e. The molecule has 0 radical (unpaired) electrons. The van der Waals surface area contributed by atoms with Gasteiger partial charge in [0.2, 0.25) is 0 Å². The molecule has 0 aromatic heterocycles. The van der Waals surface area contributed by atoms with Gasteiger partial charge in [-0.1, -0.05) is 25.4 Å². The second kappa shape index (κ2) is 7.43. The van der Waals surface area contributed by atoms with Gasteiger partial charge in [-0.3, -0.25) is 9.59 Å². The molecule has 3 N–H and O–H groups in total. The Balaban J connectivity index is 2.48. The average Bonchev–Trinajstić information content (AvgIpc) is 2.37. The quantitative estimate of drug-likeness (QED) is 0.729. The van der Waals surface area contributed by atoms with E-state index in [-0.39, 0.29) is 5.41 Å². The number of nitrogens with one attached hydrogen (secondary N) is 2. The van der Waals surface area contributed by atoms with Crippen LogP contribution in [0.3, 0.4) is 0 Å². The van der Waals surface area contributed by atoms with Gasteiger partial charge in [-0.15, -0.1) is 0 Å². The van der Waals surface area contributed by atoms with Crippen LogP contribution in [0.4, 0.5) is 5.69 Å². The Morgan fingerprint density at radius 1 is 1.24 bits per heavy atom. The summed E-state index contributed by atoms with van der Waals surface area (Å²) in [4.78, 5) is 23.5. The highest BCUT2D eigenvalue weighted by Gasteiger charge is 2.23. The normalized spacial score (nSPS) is 12.6. The van der Waals surface area contributed by atoms with Crippen molar-refractivity contribution in [1.82, 2.24) is 5.32 Å². The summed E-state index contributed by atoms with van der Waals surface area (Å²) in [6, 6.07) is 6.48. The average molecular weight is 313 g/mol. The maximum absolute atomic E-state index is 11.7. The zero-order chi connectivity index (χ0) is 16.0. The molecule has 6 heteroatoms. The molecule has 0 heterocycles. The Kier molecular flexibility index (Phi) is 6.18. The molecule has 1 aromatic carbocycles. The highest BCUT2D eigenvalue weighted by Crippen LogP contribution is 2.21. The molecule has 1 rings (SSSR count). The number of carbonyl (C=O) groups excluding carboxylic acids is 2. The number of anilines is 1. The number of carbonyl (C=O) groups is 2. The number of amides is 2. The number of halogens is 1. The topological polar surface area (TPSA) is 78.4 Å². The molecule has 1 unspecified atom stereocenters. The van der Waals surface area contributed by atoms with Gasteiger partial charge < -0.3 is 15.7 Å². The lowest BCUT2D eigenvalue weighted by Crippen LogP contribution is -2.41. The molecular formula is C15H21ClN2O3. The van der Waals surface area contributed by atoms with Gasteiger partial charge in [0.1, 0.15) is 0 Å². The van der Waals surface area contributed by atoms with Gasteiger partial charge in [0.15, 0.2) is 0 Å². The van der Waals surface area contributed by atoms with Gasteiger partial charge in [0.25, 0.3) is 0 Å². The van der Waals surface area contributed by atoms with Gasteiger partial charge in [0, 0.05) is 17.3 Å². The molecule has 5 nitrogen and oxygen atoms in total. The second-order valence-corrected chi connectivity index (χ2v) is 6.30. The first kappa shape index (κ1) is 17.5. The first-order valence-corrected chi connectivity index (χ1v) is 7.10. The molecule has 0 saturated carbocycles. The lowest BCUT2D eigenvalue weighted by atomic mass is 9.87. The van der Waals surface area contributed by atoms with E-state index in [1.54, 1.807) is 31.2 Å². The molecule has 0 fully saturated rings. The smallest absolute Gasteiger partial charge is 0.313 e. The number of aliphatic hydroxyl groups is 1. The number of aliphatic hydroxyl groups excluding tert-OH is 1. The first-order valence-electron chi connectivity index (χ1n) is 6.72. The van der Waals surface area contributed by atoms with Crippen LogP contribution in [0.2, 0.25) is 5.02 Å². The zero-order valence-electron chi connectivity index (χ0n) is 12.4. The van der Waals surface area contributed by atoms with Crippen molar-refractivity contribution < 1.29 is 14.7 Å². The molecule has 0 aliphatic carbocycles. The molecule has 0 aliphatic rings. The molecule has 1 aromatic rings. The third-order valence-corrected chi connectivity index (χ3v) is 3.14. The predicted octanol–water partition coefficient (Wildman–Crippen LogP) is 2.19. The standard InChI is InChI=1S/C15H21ClN2O3/c1-10(19)8-15(2,3)9-17-13(20)14(21)18-12-6-4-11(16)5-7-12/h4-7,10,19H,8-9H2,1-3H3,(H,17,20)(H,18,21). The van der Waals surface area contributed by atoms with Crippen molar-refractivity contribution in [3.63, 3.8) is 0 Å². The minimum Gasteiger partial charge on any atom is -0.393 e. The summed E-state index contributed by atoms with van der Waals surface area (Å²) in [5, 5.41) is 15.0. The van der Waals surface area contributed by atoms with Crippen molar-refractivity contribution >= 4 is 29.1 Å². The molecule has 116 valence electrons. The van der Waals surface area contributed by atoms with Crippen LogP contribution in [0.15, 0.2) is 24.3 Å². The number of rotatable bonds is 5. The number of benzene rings is 1. The SMILES string of the molecule is CC(O)CC(C)(C)CNC(=O)C(=O)Nc1ccc(Cl)cc1. The van der Waals surface area contributed by atoms with Crippen LogP contribution < -0.4 is 10.6 Å². The van der Waals surface area contributed by atoms with Gasteiger partial charge >= 0.3 is 11.8 Å². The summed E-state index contributed by atoms with van der Waals surface area (Å²) < 4.78 is 0. The van der Waals surface area contributed by atoms with Crippen LogP contribution in [0.1, 0.15) is 27.2 Å². The maximum atomic E-state index is 11.7. The van der Waals surface area contributed by atoms with E-state index in [9.17, 15) is 14.7 Å². The lowest BCUT2D eigenvalue weighted by Gasteiger charge is -2.26. The van der Waals surface area contributed by atoms with Gasteiger partial charge in [-0.25, -0.2) is 0 Å². The van der Waals surface area contributed by atoms with Crippen molar-refractivity contribution in [2.75, 3.05) is 11.9 Å². The Labute approximate surface area is 129 Å². The fraction of sp³-hybridized carbons (Fsp3) is 0.467. The predicted molar refractivity (Wildman–Crippen MR) is 83.2 cm³/mol. The first-order chi connectivity index (χ1) is 9.69. The third-order valence-electron chi connectivity index (χ3n) is 2.88. The van der Waals surface area contributed by atoms with E-state index in [1.807, 2.05) is 13.8 Å². The molecular weight excluding hydrogens is 292 g/mol. The van der Waals surface area contributed by atoms with Crippen molar-refractivity contribution in [2.24, 2.45) is 5.41 Å². The van der Waals surface area contributed by atoms with Gasteiger partial charge in [0.05, 0.1) is 6.10 Å². The minimum absolute atomic E-state index is 0.287. The molecule has 21 heavy (non-hydrogen) atoms. The fourth-order valence-electron chi connectivity index (χ4n) is 1.99. The summed E-state index contributed by atoms with van der Waals surface area (Å²) in [7, 11) is 0.